The van der Waals surface area contributed by atoms with Crippen LogP contribution in [0.1, 0.15) is 61.4 Å². The fourth-order valence-corrected chi connectivity index (χ4v) is 4.48. The van der Waals surface area contributed by atoms with E-state index >= 15 is 0 Å². The number of amides is 3. The Morgan fingerprint density at radius 2 is 1.71 bits per heavy atom. The molecule has 0 saturated carbocycles. The summed E-state index contributed by atoms with van der Waals surface area (Å²) in [4.78, 5) is 35.5. The summed E-state index contributed by atoms with van der Waals surface area (Å²) in [6, 6.07) is 15.5. The van der Waals surface area contributed by atoms with Gasteiger partial charge in [-0.25, -0.2) is 0 Å². The quantitative estimate of drug-likeness (QED) is 0.465. The number of carbonyl (C=O) groups is 3. The third-order valence-electron chi connectivity index (χ3n) is 5.42. The van der Waals surface area contributed by atoms with Gasteiger partial charge >= 0.3 is 0 Å². The van der Waals surface area contributed by atoms with Gasteiger partial charge in [0, 0.05) is 12.1 Å². The molecule has 164 valence electrons. The Bertz CT molecular complexity index is 911. The van der Waals surface area contributed by atoms with Gasteiger partial charge in [0.15, 0.2) is 0 Å². The van der Waals surface area contributed by atoms with E-state index in [-0.39, 0.29) is 22.3 Å². The molecule has 2 aromatic carbocycles. The molecule has 2 aromatic rings. The van der Waals surface area contributed by atoms with E-state index < -0.39 is 0 Å². The maximum absolute atomic E-state index is 12.5. The summed E-state index contributed by atoms with van der Waals surface area (Å²) in [5.41, 5.74) is 3.64. The Morgan fingerprint density at radius 1 is 0.968 bits per heavy atom. The van der Waals surface area contributed by atoms with Crippen molar-refractivity contribution < 1.29 is 14.4 Å². The molecule has 1 fully saturated rings. The molecule has 2 N–H and O–H groups in total. The van der Waals surface area contributed by atoms with E-state index in [2.05, 4.69) is 17.6 Å². The molecule has 0 radical (unpaired) electrons. The van der Waals surface area contributed by atoms with Crippen LogP contribution in [0, 0.1) is 0 Å². The minimum absolute atomic E-state index is 0.0408. The standard InChI is InChI=1S/C25H30N2O3S/c1-2-3-4-5-6-7-15-26-23(28)21-10-8-9-20(17-21)19-13-11-18(12-14-19)16-22-24(29)27-25(30)31-22/h8-14,17,22H,2-7,15-16H2,1H3,(H,26,28)(H,27,29,30). The minimum atomic E-state index is -0.364. The van der Waals surface area contributed by atoms with E-state index in [9.17, 15) is 14.4 Å². The lowest BCUT2D eigenvalue weighted by molar-refractivity contribution is -0.118. The van der Waals surface area contributed by atoms with E-state index in [1.54, 1.807) is 0 Å². The second kappa shape index (κ2) is 11.7. The number of rotatable bonds is 11. The molecule has 1 saturated heterocycles. The SMILES string of the molecule is CCCCCCCCNC(=O)c1cccc(-c2ccc(CC3SC(=O)NC3=O)cc2)c1. The fraction of sp³-hybridized carbons (Fsp3) is 0.400. The topological polar surface area (TPSA) is 75.3 Å². The number of thioether (sulfide) groups is 1. The number of hydrogen-bond acceptors (Lipinski definition) is 4. The maximum atomic E-state index is 12.5. The van der Waals surface area contributed by atoms with Gasteiger partial charge in [-0.15, -0.1) is 0 Å². The van der Waals surface area contributed by atoms with E-state index in [0.717, 1.165) is 41.3 Å². The van der Waals surface area contributed by atoms with Crippen molar-refractivity contribution in [3.63, 3.8) is 0 Å². The Labute approximate surface area is 188 Å². The highest BCUT2D eigenvalue weighted by Crippen LogP contribution is 2.25. The van der Waals surface area contributed by atoms with Crippen LogP contribution in [-0.4, -0.2) is 28.8 Å². The number of imide groups is 1. The number of nitrogens with one attached hydrogen (secondary N) is 2. The zero-order valence-electron chi connectivity index (χ0n) is 18.0. The zero-order chi connectivity index (χ0) is 22.1. The van der Waals surface area contributed by atoms with Crippen LogP contribution in [0.25, 0.3) is 11.1 Å². The van der Waals surface area contributed by atoms with Crippen LogP contribution < -0.4 is 10.6 Å². The molecule has 3 rings (SSSR count). The van der Waals surface area contributed by atoms with Gasteiger partial charge in [-0.2, -0.15) is 0 Å². The van der Waals surface area contributed by atoms with Crippen molar-refractivity contribution in [1.82, 2.24) is 10.6 Å². The van der Waals surface area contributed by atoms with Crippen LogP contribution in [0.3, 0.4) is 0 Å². The van der Waals surface area contributed by atoms with Crippen molar-refractivity contribution in [2.75, 3.05) is 6.54 Å². The number of carbonyl (C=O) groups excluding carboxylic acids is 3. The van der Waals surface area contributed by atoms with Gasteiger partial charge in [-0.1, -0.05) is 87.2 Å². The predicted molar refractivity (Wildman–Crippen MR) is 126 cm³/mol. The lowest BCUT2D eigenvalue weighted by atomic mass is 10.00. The summed E-state index contributed by atoms with van der Waals surface area (Å²) < 4.78 is 0. The van der Waals surface area contributed by atoms with E-state index in [4.69, 9.17) is 0 Å². The third kappa shape index (κ3) is 6.96. The van der Waals surface area contributed by atoms with Crippen molar-refractivity contribution in [3.05, 3.63) is 59.7 Å². The second-order valence-corrected chi connectivity index (χ2v) is 9.06. The molecular weight excluding hydrogens is 408 g/mol. The van der Waals surface area contributed by atoms with E-state index in [0.29, 0.717) is 18.5 Å². The normalized spacial score (nSPS) is 15.7. The number of benzene rings is 2. The third-order valence-corrected chi connectivity index (χ3v) is 6.40. The molecule has 0 aromatic heterocycles. The highest BCUT2D eigenvalue weighted by molar-refractivity contribution is 8.15. The molecule has 0 bridgehead atoms. The zero-order valence-corrected chi connectivity index (χ0v) is 18.8. The summed E-state index contributed by atoms with van der Waals surface area (Å²) >= 11 is 1.04. The van der Waals surface area contributed by atoms with Crippen LogP contribution in [-0.2, 0) is 11.2 Å². The van der Waals surface area contributed by atoms with Gasteiger partial charge in [0.2, 0.25) is 5.91 Å². The lowest BCUT2D eigenvalue weighted by Crippen LogP contribution is -2.25. The summed E-state index contributed by atoms with van der Waals surface area (Å²) in [5, 5.41) is 4.69. The highest BCUT2D eigenvalue weighted by atomic mass is 32.2. The average molecular weight is 439 g/mol. The van der Waals surface area contributed by atoms with Crippen molar-refractivity contribution in [2.24, 2.45) is 0 Å². The van der Waals surface area contributed by atoms with Crippen molar-refractivity contribution in [3.8, 4) is 11.1 Å². The highest BCUT2D eigenvalue weighted by Gasteiger charge is 2.31. The Kier molecular flexibility index (Phi) is 8.71. The van der Waals surface area contributed by atoms with Crippen LogP contribution in [0.5, 0.6) is 0 Å². The number of unbranched alkanes of at least 4 members (excludes halogenated alkanes) is 5. The first-order chi connectivity index (χ1) is 15.1. The molecule has 3 amide bonds. The molecule has 1 atom stereocenters. The Hall–Kier alpha value is -2.60. The summed E-state index contributed by atoms with van der Waals surface area (Å²) in [7, 11) is 0. The van der Waals surface area contributed by atoms with Gasteiger partial charge in [0.25, 0.3) is 11.1 Å². The van der Waals surface area contributed by atoms with Crippen molar-refractivity contribution in [1.29, 1.82) is 0 Å². The van der Waals surface area contributed by atoms with Gasteiger partial charge in [-0.3, -0.25) is 19.7 Å². The molecule has 1 heterocycles. The average Bonchev–Trinajstić information content (AvgIpc) is 3.10. The first kappa shape index (κ1) is 23.1. The molecule has 1 unspecified atom stereocenters. The second-order valence-electron chi connectivity index (χ2n) is 7.89. The largest absolute Gasteiger partial charge is 0.352 e. The first-order valence-corrected chi connectivity index (χ1v) is 11.9. The first-order valence-electron chi connectivity index (χ1n) is 11.1. The molecule has 0 spiro atoms. The molecule has 6 heteroatoms. The Balaban J connectivity index is 1.52. The monoisotopic (exact) mass is 438 g/mol. The van der Waals surface area contributed by atoms with Crippen LogP contribution >= 0.6 is 11.8 Å². The van der Waals surface area contributed by atoms with Crippen molar-refractivity contribution in [2.45, 2.75) is 57.1 Å². The number of hydrogen-bond donors (Lipinski definition) is 2. The van der Waals surface area contributed by atoms with Crippen LogP contribution in [0.4, 0.5) is 4.79 Å². The lowest BCUT2D eigenvalue weighted by Gasteiger charge is -2.09. The summed E-state index contributed by atoms with van der Waals surface area (Å²) in [6.45, 7) is 2.92. The fourth-order valence-electron chi connectivity index (χ4n) is 3.62. The molecular formula is C25H30N2O3S. The molecule has 0 aliphatic carbocycles. The molecule has 1 aliphatic heterocycles. The van der Waals surface area contributed by atoms with Gasteiger partial charge in [0.1, 0.15) is 0 Å². The predicted octanol–water partition coefficient (Wildman–Crippen LogP) is 5.34. The van der Waals surface area contributed by atoms with Crippen molar-refractivity contribution >= 4 is 28.8 Å². The minimum Gasteiger partial charge on any atom is -0.352 e. The molecule has 1 aliphatic rings. The van der Waals surface area contributed by atoms with Gasteiger partial charge < -0.3 is 5.32 Å². The maximum Gasteiger partial charge on any atom is 0.286 e. The Morgan fingerprint density at radius 3 is 2.42 bits per heavy atom. The van der Waals surface area contributed by atoms with E-state index in [1.165, 1.54) is 25.7 Å². The van der Waals surface area contributed by atoms with E-state index in [1.807, 2.05) is 48.5 Å². The molecule has 31 heavy (non-hydrogen) atoms. The smallest absolute Gasteiger partial charge is 0.286 e. The summed E-state index contributed by atoms with van der Waals surface area (Å²) in [6.07, 6.45) is 7.72. The van der Waals surface area contributed by atoms with Gasteiger partial charge in [0.05, 0.1) is 5.25 Å². The molecule has 5 nitrogen and oxygen atoms in total. The summed E-state index contributed by atoms with van der Waals surface area (Å²) in [5.74, 6) is -0.264. The van der Waals surface area contributed by atoms with Crippen LogP contribution in [0.15, 0.2) is 48.5 Å². The van der Waals surface area contributed by atoms with Crippen LogP contribution in [0.2, 0.25) is 0 Å². The van der Waals surface area contributed by atoms with Gasteiger partial charge in [-0.05, 0) is 41.7 Å².